The van der Waals surface area contributed by atoms with Gasteiger partial charge < -0.3 is 15.7 Å². The molecule has 1 amide bonds. The third kappa shape index (κ3) is 3.74. The lowest BCUT2D eigenvalue weighted by atomic mass is 10.1. The fourth-order valence-corrected chi connectivity index (χ4v) is 4.43. The molecule has 4 atom stereocenters. The van der Waals surface area contributed by atoms with Crippen LogP contribution in [0.2, 0.25) is 0 Å². The Morgan fingerprint density at radius 1 is 1.36 bits per heavy atom. The number of aromatic nitrogens is 6. The maximum absolute atomic E-state index is 14.6. The van der Waals surface area contributed by atoms with Crippen LogP contribution in [0, 0.1) is 11.7 Å². The molecular formula is C22H23FN8O2. The molecule has 170 valence electrons. The molecule has 0 bridgehead atoms. The molecular weight excluding hydrogens is 427 g/mol. The zero-order valence-corrected chi connectivity index (χ0v) is 18.1. The lowest BCUT2D eigenvalue weighted by molar-refractivity contribution is -0.119. The highest BCUT2D eigenvalue weighted by molar-refractivity contribution is 5.93. The highest BCUT2D eigenvalue weighted by Gasteiger charge is 2.67. The number of hydrogen-bond donors (Lipinski definition) is 4. The van der Waals surface area contributed by atoms with Crippen molar-refractivity contribution in [2.75, 3.05) is 5.32 Å². The maximum atomic E-state index is 14.6. The first-order valence-electron chi connectivity index (χ1n) is 10.7. The molecule has 33 heavy (non-hydrogen) atoms. The van der Waals surface area contributed by atoms with E-state index in [1.165, 1.54) is 6.33 Å². The maximum Gasteiger partial charge on any atom is 0.247 e. The van der Waals surface area contributed by atoms with E-state index in [1.54, 1.807) is 25.3 Å². The Bertz CT molecular complexity index is 1290. The van der Waals surface area contributed by atoms with Crippen LogP contribution in [0.4, 0.5) is 10.2 Å². The van der Waals surface area contributed by atoms with E-state index in [0.717, 1.165) is 6.20 Å². The van der Waals surface area contributed by atoms with Crippen LogP contribution in [-0.2, 0) is 4.79 Å². The summed E-state index contributed by atoms with van der Waals surface area (Å²) in [5.41, 5.74) is 0.486. The number of halogens is 1. The first-order chi connectivity index (χ1) is 15.9. The molecule has 2 aliphatic carbocycles. The van der Waals surface area contributed by atoms with Gasteiger partial charge >= 0.3 is 0 Å². The summed E-state index contributed by atoms with van der Waals surface area (Å²) in [4.78, 5) is 28.9. The third-order valence-electron chi connectivity index (χ3n) is 6.33. The number of fused-ring (bicyclic) bond motifs is 2. The zero-order chi connectivity index (χ0) is 23.2. The normalized spacial score (nSPS) is 26.5. The van der Waals surface area contributed by atoms with Gasteiger partial charge in [0, 0.05) is 23.7 Å². The Hall–Kier alpha value is -3.73. The Morgan fingerprint density at radius 2 is 2.21 bits per heavy atom. The summed E-state index contributed by atoms with van der Waals surface area (Å²) in [7, 11) is 0. The minimum atomic E-state index is -1.00. The molecule has 4 N–H and O–H groups in total. The van der Waals surface area contributed by atoms with Gasteiger partial charge in [-0.25, -0.2) is 24.3 Å². The fourth-order valence-electron chi connectivity index (χ4n) is 4.43. The standard InChI is InChI=1S/C22H23FN8O2/c1-3-4-5-11(2)21(32)28-16-6-15(13-7-22(13,16)33)27-19-14(23)9-25-20(29-19)17-12-8-24-10-26-18(12)31-30-17/h3-5,8-10,13,15-16,33H,6-7H2,1-2H3,(H,28,32)(H,25,27,29)(H,24,26,30,31)/b4-3-,11-5+/t13-,15?,16+,22+/m1/s1. The quantitative estimate of drug-likeness (QED) is 0.330. The van der Waals surface area contributed by atoms with Crippen molar-refractivity contribution < 1.29 is 14.3 Å². The lowest BCUT2D eigenvalue weighted by Gasteiger charge is -2.21. The van der Waals surface area contributed by atoms with Gasteiger partial charge in [0.2, 0.25) is 5.91 Å². The Morgan fingerprint density at radius 3 is 3.03 bits per heavy atom. The van der Waals surface area contributed by atoms with Crippen molar-refractivity contribution in [2.24, 2.45) is 5.92 Å². The number of aromatic amines is 1. The number of nitrogens with one attached hydrogen (secondary N) is 3. The molecule has 1 unspecified atom stereocenters. The number of amides is 1. The number of anilines is 1. The largest absolute Gasteiger partial charge is 0.387 e. The van der Waals surface area contributed by atoms with Crippen molar-refractivity contribution in [3.63, 3.8) is 0 Å². The fraction of sp³-hybridized carbons (Fsp3) is 0.364. The lowest BCUT2D eigenvalue weighted by Crippen LogP contribution is -2.43. The average molecular weight is 450 g/mol. The minimum Gasteiger partial charge on any atom is -0.387 e. The smallest absolute Gasteiger partial charge is 0.247 e. The van der Waals surface area contributed by atoms with E-state index in [4.69, 9.17) is 0 Å². The van der Waals surface area contributed by atoms with Crippen LogP contribution in [0.5, 0.6) is 0 Å². The van der Waals surface area contributed by atoms with Gasteiger partial charge in [-0.3, -0.25) is 9.89 Å². The number of H-pyrrole nitrogens is 1. The van der Waals surface area contributed by atoms with Crippen LogP contribution in [0.15, 0.2) is 42.5 Å². The molecule has 0 aliphatic heterocycles. The highest BCUT2D eigenvalue weighted by atomic mass is 19.1. The number of hydrogen-bond acceptors (Lipinski definition) is 8. The monoisotopic (exact) mass is 450 g/mol. The predicted molar refractivity (Wildman–Crippen MR) is 118 cm³/mol. The Balaban J connectivity index is 1.34. The van der Waals surface area contributed by atoms with Crippen molar-refractivity contribution in [3.05, 3.63) is 48.3 Å². The average Bonchev–Trinajstić information content (AvgIpc) is 3.21. The van der Waals surface area contributed by atoms with Crippen molar-refractivity contribution in [1.82, 2.24) is 35.5 Å². The number of carbonyl (C=O) groups excluding carboxylic acids is 1. The van der Waals surface area contributed by atoms with Crippen molar-refractivity contribution in [3.8, 4) is 11.5 Å². The Labute approximate surface area is 188 Å². The van der Waals surface area contributed by atoms with Crippen LogP contribution in [-0.4, -0.2) is 58.8 Å². The molecule has 3 heterocycles. The third-order valence-corrected chi connectivity index (χ3v) is 6.33. The molecule has 5 rings (SSSR count). The van der Waals surface area contributed by atoms with Crippen molar-refractivity contribution >= 4 is 22.8 Å². The van der Waals surface area contributed by atoms with Crippen LogP contribution in [0.25, 0.3) is 22.6 Å². The summed E-state index contributed by atoms with van der Waals surface area (Å²) in [6.07, 6.45) is 10.4. The number of allylic oxidation sites excluding steroid dienone is 3. The predicted octanol–water partition coefficient (Wildman–Crippen LogP) is 1.89. The molecule has 2 saturated carbocycles. The van der Waals surface area contributed by atoms with Crippen molar-refractivity contribution in [1.29, 1.82) is 0 Å². The molecule has 0 radical (unpaired) electrons. The molecule has 3 aromatic rings. The second kappa shape index (κ2) is 8.00. The Kier molecular flexibility index (Phi) is 5.12. The van der Waals surface area contributed by atoms with Gasteiger partial charge in [0.1, 0.15) is 12.0 Å². The van der Waals surface area contributed by atoms with Gasteiger partial charge in [-0.05, 0) is 26.7 Å². The van der Waals surface area contributed by atoms with E-state index in [-0.39, 0.29) is 29.5 Å². The molecule has 10 nitrogen and oxygen atoms in total. The van der Waals surface area contributed by atoms with Gasteiger partial charge in [-0.1, -0.05) is 18.2 Å². The zero-order valence-electron chi connectivity index (χ0n) is 18.1. The minimum absolute atomic E-state index is 0.0231. The van der Waals surface area contributed by atoms with Crippen LogP contribution >= 0.6 is 0 Å². The first-order valence-corrected chi connectivity index (χ1v) is 10.7. The molecule has 0 spiro atoms. The number of rotatable bonds is 6. The molecule has 2 fully saturated rings. The van der Waals surface area contributed by atoms with E-state index in [1.807, 2.05) is 13.0 Å². The van der Waals surface area contributed by atoms with Crippen LogP contribution in [0.1, 0.15) is 26.7 Å². The van der Waals surface area contributed by atoms with Gasteiger partial charge in [0.25, 0.3) is 0 Å². The van der Waals surface area contributed by atoms with Crippen LogP contribution in [0.3, 0.4) is 0 Å². The van der Waals surface area contributed by atoms with E-state index in [0.29, 0.717) is 35.1 Å². The van der Waals surface area contributed by atoms with E-state index in [2.05, 4.69) is 40.8 Å². The van der Waals surface area contributed by atoms with E-state index < -0.39 is 17.5 Å². The summed E-state index contributed by atoms with van der Waals surface area (Å²) >= 11 is 0. The van der Waals surface area contributed by atoms with E-state index in [9.17, 15) is 14.3 Å². The molecule has 3 aromatic heterocycles. The van der Waals surface area contributed by atoms with Crippen LogP contribution < -0.4 is 10.6 Å². The number of nitrogens with zero attached hydrogens (tertiary/aromatic N) is 5. The van der Waals surface area contributed by atoms with Gasteiger partial charge in [0.05, 0.1) is 23.2 Å². The summed E-state index contributed by atoms with van der Waals surface area (Å²) in [6, 6.07) is -0.682. The molecule has 0 aromatic carbocycles. The topological polar surface area (TPSA) is 142 Å². The first kappa shape index (κ1) is 21.1. The van der Waals surface area contributed by atoms with E-state index >= 15 is 0 Å². The SMILES string of the molecule is C/C=C\C=C(/C)C(=O)N[C@H]1CC(Nc2nc(-c3[nH]nc4ncncc34)ncc2F)[C@H]2C[C@@]12O. The molecule has 11 heteroatoms. The highest BCUT2D eigenvalue weighted by Crippen LogP contribution is 2.56. The second-order valence-corrected chi connectivity index (χ2v) is 8.44. The van der Waals surface area contributed by atoms with Gasteiger partial charge in [0.15, 0.2) is 23.1 Å². The second-order valence-electron chi connectivity index (χ2n) is 8.44. The number of aliphatic hydroxyl groups is 1. The van der Waals surface area contributed by atoms with Crippen molar-refractivity contribution in [2.45, 2.75) is 44.4 Å². The summed E-state index contributed by atoms with van der Waals surface area (Å²) in [5.74, 6) is -0.686. The summed E-state index contributed by atoms with van der Waals surface area (Å²) < 4.78 is 14.6. The van der Waals surface area contributed by atoms with Gasteiger partial charge in [-0.2, -0.15) is 5.10 Å². The number of carbonyl (C=O) groups is 1. The molecule has 0 saturated heterocycles. The molecule has 2 aliphatic rings. The summed E-state index contributed by atoms with van der Waals surface area (Å²) in [6.45, 7) is 3.59. The van der Waals surface area contributed by atoms with Gasteiger partial charge in [-0.15, -0.1) is 0 Å². The summed E-state index contributed by atoms with van der Waals surface area (Å²) in [5, 5.41) is 24.5.